The molecule has 0 unspecified atom stereocenters. The third-order valence-corrected chi connectivity index (χ3v) is 6.43. The zero-order valence-electron chi connectivity index (χ0n) is 21.5. The van der Waals surface area contributed by atoms with Crippen molar-refractivity contribution in [3.8, 4) is 5.75 Å². The third kappa shape index (κ3) is 7.85. The molecule has 0 aliphatic carbocycles. The zero-order valence-corrected chi connectivity index (χ0v) is 22.2. The number of benzene rings is 3. The molecule has 0 aliphatic rings. The molecule has 0 aliphatic heterocycles. The average molecular weight is 507 g/mol. The Morgan fingerprint density at radius 2 is 1.69 bits per heavy atom. The predicted molar refractivity (Wildman–Crippen MR) is 145 cm³/mol. The van der Waals surface area contributed by atoms with Gasteiger partial charge in [-0.05, 0) is 62.1 Å². The number of nitrogens with one attached hydrogen (secondary N) is 1. The molecule has 1 N–H and O–H groups in total. The van der Waals surface area contributed by atoms with Crippen LogP contribution in [0.1, 0.15) is 42.5 Å². The van der Waals surface area contributed by atoms with E-state index in [0.29, 0.717) is 17.2 Å². The quantitative estimate of drug-likeness (QED) is 0.352. The minimum atomic E-state index is -0.712. The number of amides is 2. The molecule has 0 aromatic heterocycles. The van der Waals surface area contributed by atoms with Crippen molar-refractivity contribution in [1.29, 1.82) is 0 Å². The van der Waals surface area contributed by atoms with Crippen molar-refractivity contribution < 1.29 is 14.3 Å². The van der Waals surface area contributed by atoms with Gasteiger partial charge in [0.25, 0.3) is 5.91 Å². The van der Waals surface area contributed by atoms with Crippen molar-refractivity contribution in [2.75, 3.05) is 6.61 Å². The van der Waals surface area contributed by atoms with Gasteiger partial charge in [-0.15, -0.1) is 0 Å². The van der Waals surface area contributed by atoms with Gasteiger partial charge in [-0.2, -0.15) is 0 Å². The first-order valence-corrected chi connectivity index (χ1v) is 12.7. The highest BCUT2D eigenvalue weighted by Crippen LogP contribution is 2.21. The van der Waals surface area contributed by atoms with E-state index >= 15 is 0 Å². The number of carbonyl (C=O) groups is 2. The van der Waals surface area contributed by atoms with Gasteiger partial charge in [0, 0.05) is 24.0 Å². The summed E-state index contributed by atoms with van der Waals surface area (Å²) in [5.74, 6) is 0.200. The summed E-state index contributed by atoms with van der Waals surface area (Å²) in [5, 5.41) is 3.65. The average Bonchev–Trinajstić information content (AvgIpc) is 2.86. The first-order chi connectivity index (χ1) is 17.3. The molecule has 3 rings (SSSR count). The van der Waals surface area contributed by atoms with Crippen LogP contribution in [0.5, 0.6) is 5.75 Å². The molecule has 3 aromatic rings. The maximum Gasteiger partial charge on any atom is 0.261 e. The first-order valence-electron chi connectivity index (χ1n) is 12.3. The van der Waals surface area contributed by atoms with Gasteiger partial charge in [0.05, 0.1) is 0 Å². The number of hydrogen-bond donors (Lipinski definition) is 1. The molecule has 0 radical (unpaired) electrons. The van der Waals surface area contributed by atoms with Crippen molar-refractivity contribution in [2.24, 2.45) is 0 Å². The summed E-state index contributed by atoms with van der Waals surface area (Å²) >= 11 is 6.23. The Kier molecular flexibility index (Phi) is 9.95. The highest BCUT2D eigenvalue weighted by molar-refractivity contribution is 6.30. The lowest BCUT2D eigenvalue weighted by Gasteiger charge is -2.32. The van der Waals surface area contributed by atoms with Crippen LogP contribution >= 0.6 is 11.6 Å². The number of hydrogen-bond acceptors (Lipinski definition) is 3. The fourth-order valence-corrected chi connectivity index (χ4v) is 4.22. The van der Waals surface area contributed by atoms with Crippen LogP contribution in [-0.4, -0.2) is 35.4 Å². The fraction of sp³-hybridized carbons (Fsp3) is 0.333. The molecule has 2 atom stereocenters. The molecule has 5 nitrogen and oxygen atoms in total. The number of rotatable bonds is 11. The molecule has 6 heteroatoms. The Labute approximate surface area is 219 Å². The third-order valence-electron chi connectivity index (χ3n) is 6.20. The van der Waals surface area contributed by atoms with Crippen LogP contribution < -0.4 is 10.1 Å². The van der Waals surface area contributed by atoms with E-state index in [4.69, 9.17) is 16.3 Å². The lowest BCUT2D eigenvalue weighted by Crippen LogP contribution is -2.53. The largest absolute Gasteiger partial charge is 0.483 e. The molecule has 0 saturated carbocycles. The molecular formula is C30H35ClN2O3. The SMILES string of the molecule is CC[C@H](C)NC(=O)[C@H](Cc1ccccc1)N(Cc1cccc(Cl)c1)C(=O)COc1ccc(C)cc1C. The minimum absolute atomic E-state index is 0.00893. The Balaban J connectivity index is 1.92. The van der Waals surface area contributed by atoms with E-state index in [0.717, 1.165) is 28.7 Å². The second kappa shape index (κ2) is 13.1. The summed E-state index contributed by atoms with van der Waals surface area (Å²) in [6, 6.07) is 22.2. The zero-order chi connectivity index (χ0) is 26.1. The summed E-state index contributed by atoms with van der Waals surface area (Å²) in [6.07, 6.45) is 1.18. The monoisotopic (exact) mass is 506 g/mol. The van der Waals surface area contributed by atoms with Gasteiger partial charge in [0.1, 0.15) is 11.8 Å². The topological polar surface area (TPSA) is 58.6 Å². The molecule has 190 valence electrons. The van der Waals surface area contributed by atoms with E-state index in [1.54, 1.807) is 11.0 Å². The van der Waals surface area contributed by atoms with Crippen LogP contribution in [0.2, 0.25) is 5.02 Å². The van der Waals surface area contributed by atoms with Crippen molar-refractivity contribution >= 4 is 23.4 Å². The number of aryl methyl sites for hydroxylation is 2. The van der Waals surface area contributed by atoms with Gasteiger partial charge in [-0.25, -0.2) is 0 Å². The molecule has 0 bridgehead atoms. The van der Waals surface area contributed by atoms with Crippen LogP contribution in [0.4, 0.5) is 0 Å². The Morgan fingerprint density at radius 3 is 2.36 bits per heavy atom. The minimum Gasteiger partial charge on any atom is -0.483 e. The second-order valence-corrected chi connectivity index (χ2v) is 9.67. The number of ether oxygens (including phenoxy) is 1. The molecule has 0 fully saturated rings. The Hall–Kier alpha value is -3.31. The number of carbonyl (C=O) groups excluding carboxylic acids is 2. The van der Waals surface area contributed by atoms with Gasteiger partial charge < -0.3 is 15.0 Å². The fourth-order valence-electron chi connectivity index (χ4n) is 4.01. The molecule has 2 amide bonds. The molecule has 0 saturated heterocycles. The van der Waals surface area contributed by atoms with Crippen molar-refractivity contribution in [1.82, 2.24) is 10.2 Å². The van der Waals surface area contributed by atoms with Gasteiger partial charge in [0.15, 0.2) is 6.61 Å². The van der Waals surface area contributed by atoms with Crippen LogP contribution in [0.3, 0.4) is 0 Å². The summed E-state index contributed by atoms with van der Waals surface area (Å²) in [5.41, 5.74) is 3.90. The summed E-state index contributed by atoms with van der Waals surface area (Å²) in [4.78, 5) is 28.8. The molecule has 3 aromatic carbocycles. The van der Waals surface area contributed by atoms with Crippen molar-refractivity contribution in [2.45, 2.75) is 59.2 Å². The smallest absolute Gasteiger partial charge is 0.261 e. The molecule has 36 heavy (non-hydrogen) atoms. The van der Waals surface area contributed by atoms with Crippen LogP contribution in [0.25, 0.3) is 0 Å². The Bertz CT molecular complexity index is 1170. The van der Waals surface area contributed by atoms with E-state index in [9.17, 15) is 9.59 Å². The summed E-state index contributed by atoms with van der Waals surface area (Å²) in [6.45, 7) is 8.01. The van der Waals surface area contributed by atoms with E-state index in [1.165, 1.54) is 0 Å². The van der Waals surface area contributed by atoms with E-state index in [-0.39, 0.29) is 31.0 Å². The number of halogens is 1. The standard InChI is InChI=1S/C30H35ClN2O3/c1-5-23(4)32-30(35)27(18-24-10-7-6-8-11-24)33(19-25-12-9-13-26(31)17-25)29(34)20-36-28-15-14-21(2)16-22(28)3/h6-17,23,27H,5,18-20H2,1-4H3,(H,32,35)/t23-,27-/m0/s1. The first kappa shape index (κ1) is 27.3. The normalized spacial score (nSPS) is 12.5. The molecule has 0 spiro atoms. The van der Waals surface area contributed by atoms with E-state index in [2.05, 4.69) is 5.32 Å². The van der Waals surface area contributed by atoms with Gasteiger partial charge in [-0.1, -0.05) is 78.7 Å². The van der Waals surface area contributed by atoms with Crippen LogP contribution in [-0.2, 0) is 22.6 Å². The van der Waals surface area contributed by atoms with Gasteiger partial charge in [-0.3, -0.25) is 9.59 Å². The van der Waals surface area contributed by atoms with Gasteiger partial charge >= 0.3 is 0 Å². The van der Waals surface area contributed by atoms with E-state index < -0.39 is 6.04 Å². The lowest BCUT2D eigenvalue weighted by atomic mass is 10.0. The maximum atomic E-state index is 13.7. The Morgan fingerprint density at radius 1 is 0.972 bits per heavy atom. The lowest BCUT2D eigenvalue weighted by molar-refractivity contribution is -0.143. The number of nitrogens with zero attached hydrogens (tertiary/aromatic N) is 1. The van der Waals surface area contributed by atoms with Crippen LogP contribution in [0.15, 0.2) is 72.8 Å². The van der Waals surface area contributed by atoms with Gasteiger partial charge in [0.2, 0.25) is 5.91 Å². The van der Waals surface area contributed by atoms with Crippen LogP contribution in [0, 0.1) is 13.8 Å². The highest BCUT2D eigenvalue weighted by atomic mass is 35.5. The van der Waals surface area contributed by atoms with Crippen molar-refractivity contribution in [3.63, 3.8) is 0 Å². The van der Waals surface area contributed by atoms with Crippen molar-refractivity contribution in [3.05, 3.63) is 100 Å². The summed E-state index contributed by atoms with van der Waals surface area (Å²) in [7, 11) is 0. The summed E-state index contributed by atoms with van der Waals surface area (Å²) < 4.78 is 5.93. The second-order valence-electron chi connectivity index (χ2n) is 9.23. The highest BCUT2D eigenvalue weighted by Gasteiger charge is 2.31. The predicted octanol–water partition coefficient (Wildman–Crippen LogP) is 5.89. The molecular weight excluding hydrogens is 472 g/mol. The van der Waals surface area contributed by atoms with E-state index in [1.807, 2.05) is 94.4 Å². The molecule has 0 heterocycles. The maximum absolute atomic E-state index is 13.7.